The zero-order chi connectivity index (χ0) is 15.4. The number of aromatic nitrogens is 3. The van der Waals surface area contributed by atoms with Crippen molar-refractivity contribution in [3.8, 4) is 5.75 Å². The molecule has 2 aromatic rings. The number of aryl methyl sites for hydroxylation is 2. The van der Waals surface area contributed by atoms with Crippen LogP contribution in [0.4, 0.5) is 0 Å². The first-order valence-electron chi connectivity index (χ1n) is 7.44. The van der Waals surface area contributed by atoms with Gasteiger partial charge in [-0.2, -0.15) is 5.10 Å². The molecule has 0 aliphatic heterocycles. The maximum atomic E-state index is 6.24. The molecule has 0 bridgehead atoms. The van der Waals surface area contributed by atoms with Gasteiger partial charge in [0.1, 0.15) is 11.6 Å². The molecule has 5 heteroatoms. The first kappa shape index (κ1) is 15.5. The number of nitrogens with zero attached hydrogens (tertiary/aromatic N) is 3. The monoisotopic (exact) mass is 288 g/mol. The Morgan fingerprint density at radius 1 is 1.29 bits per heavy atom. The van der Waals surface area contributed by atoms with Crippen molar-refractivity contribution < 1.29 is 4.74 Å². The van der Waals surface area contributed by atoms with Crippen LogP contribution in [0, 0.1) is 0 Å². The molecule has 2 N–H and O–H groups in total. The van der Waals surface area contributed by atoms with Crippen molar-refractivity contribution in [1.29, 1.82) is 0 Å². The van der Waals surface area contributed by atoms with Gasteiger partial charge in [0.2, 0.25) is 0 Å². The topological polar surface area (TPSA) is 66.0 Å². The van der Waals surface area contributed by atoms with Crippen molar-refractivity contribution in [2.75, 3.05) is 7.11 Å². The summed E-state index contributed by atoms with van der Waals surface area (Å²) in [7, 11) is 1.67. The number of rotatable bonds is 6. The normalized spacial score (nSPS) is 14.0. The molecule has 0 radical (unpaired) electrons. The summed E-state index contributed by atoms with van der Waals surface area (Å²) in [5.74, 6) is 2.66. The van der Waals surface area contributed by atoms with Gasteiger partial charge in [0.15, 0.2) is 5.82 Å². The van der Waals surface area contributed by atoms with Crippen molar-refractivity contribution >= 4 is 0 Å². The van der Waals surface area contributed by atoms with Gasteiger partial charge in [0.25, 0.3) is 0 Å². The predicted molar refractivity (Wildman–Crippen MR) is 83.6 cm³/mol. The highest BCUT2D eigenvalue weighted by atomic mass is 16.5. The second kappa shape index (κ2) is 6.72. The molecule has 0 spiro atoms. The number of ether oxygens (including phenoxy) is 1. The summed E-state index contributed by atoms with van der Waals surface area (Å²) in [6.07, 6.45) is 1.66. The van der Waals surface area contributed by atoms with Gasteiger partial charge in [-0.15, -0.1) is 0 Å². The van der Waals surface area contributed by atoms with Gasteiger partial charge < -0.3 is 10.5 Å². The van der Waals surface area contributed by atoms with E-state index < -0.39 is 0 Å². The van der Waals surface area contributed by atoms with E-state index in [0.717, 1.165) is 35.8 Å². The summed E-state index contributed by atoms with van der Waals surface area (Å²) in [6.45, 7) is 6.15. The SMILES string of the molecule is CCc1nc(CC)n(C(c2cccc(OC)c2)C(C)N)n1. The lowest BCUT2D eigenvalue weighted by molar-refractivity contribution is 0.407. The molecule has 0 saturated carbocycles. The molecule has 2 atom stereocenters. The zero-order valence-electron chi connectivity index (χ0n) is 13.2. The molecule has 114 valence electrons. The van der Waals surface area contributed by atoms with Crippen molar-refractivity contribution in [1.82, 2.24) is 14.8 Å². The fraction of sp³-hybridized carbons (Fsp3) is 0.500. The number of methoxy groups -OCH3 is 1. The van der Waals surface area contributed by atoms with E-state index >= 15 is 0 Å². The van der Waals surface area contributed by atoms with Gasteiger partial charge in [0.05, 0.1) is 13.2 Å². The van der Waals surface area contributed by atoms with Gasteiger partial charge >= 0.3 is 0 Å². The minimum Gasteiger partial charge on any atom is -0.497 e. The molecule has 0 aliphatic rings. The minimum absolute atomic E-state index is 0.0390. The maximum Gasteiger partial charge on any atom is 0.150 e. The fourth-order valence-corrected chi connectivity index (χ4v) is 2.51. The van der Waals surface area contributed by atoms with E-state index in [1.165, 1.54) is 0 Å². The van der Waals surface area contributed by atoms with Gasteiger partial charge in [-0.3, -0.25) is 0 Å². The first-order valence-corrected chi connectivity index (χ1v) is 7.44. The van der Waals surface area contributed by atoms with Crippen LogP contribution in [0.5, 0.6) is 5.75 Å². The molecule has 5 nitrogen and oxygen atoms in total. The van der Waals surface area contributed by atoms with Crippen LogP contribution in [0.15, 0.2) is 24.3 Å². The van der Waals surface area contributed by atoms with Crippen LogP contribution in [0.25, 0.3) is 0 Å². The summed E-state index contributed by atoms with van der Waals surface area (Å²) < 4.78 is 7.29. The standard InChI is InChI=1S/C16H24N4O/c1-5-14-18-15(6-2)20(19-14)16(11(3)17)12-8-7-9-13(10-12)21-4/h7-11,16H,5-6,17H2,1-4H3. The molecule has 0 fully saturated rings. The van der Waals surface area contributed by atoms with Gasteiger partial charge in [-0.05, 0) is 24.6 Å². The molecule has 21 heavy (non-hydrogen) atoms. The van der Waals surface area contributed by atoms with E-state index in [1.807, 2.05) is 29.8 Å². The Morgan fingerprint density at radius 3 is 2.62 bits per heavy atom. The molecule has 2 unspecified atom stereocenters. The Bertz CT molecular complexity index is 592. The molecular formula is C16H24N4O. The quantitative estimate of drug-likeness (QED) is 0.886. The van der Waals surface area contributed by atoms with Crippen LogP contribution in [-0.4, -0.2) is 27.9 Å². The zero-order valence-corrected chi connectivity index (χ0v) is 13.2. The van der Waals surface area contributed by atoms with Crippen LogP contribution in [-0.2, 0) is 12.8 Å². The fourth-order valence-electron chi connectivity index (χ4n) is 2.51. The van der Waals surface area contributed by atoms with Crippen molar-refractivity contribution in [2.45, 2.75) is 45.7 Å². The molecule has 1 aromatic carbocycles. The second-order valence-corrected chi connectivity index (χ2v) is 5.18. The summed E-state index contributed by atoms with van der Waals surface area (Å²) in [5, 5.41) is 4.64. The third-order valence-electron chi connectivity index (χ3n) is 3.58. The Balaban J connectivity index is 2.50. The molecule has 0 amide bonds. The van der Waals surface area contributed by atoms with Gasteiger partial charge in [0, 0.05) is 18.9 Å². The van der Waals surface area contributed by atoms with E-state index in [2.05, 4.69) is 30.0 Å². The van der Waals surface area contributed by atoms with E-state index in [1.54, 1.807) is 7.11 Å². The average Bonchev–Trinajstić information content (AvgIpc) is 2.90. The summed E-state index contributed by atoms with van der Waals surface area (Å²) in [6, 6.07) is 7.87. The molecule has 0 saturated heterocycles. The van der Waals surface area contributed by atoms with Crippen molar-refractivity contribution in [2.24, 2.45) is 5.73 Å². The van der Waals surface area contributed by atoms with Crippen molar-refractivity contribution in [3.05, 3.63) is 41.5 Å². The Kier molecular flexibility index (Phi) is 4.96. The Labute approximate surface area is 126 Å². The predicted octanol–water partition coefficient (Wildman–Crippen LogP) is 2.35. The smallest absolute Gasteiger partial charge is 0.150 e. The lowest BCUT2D eigenvalue weighted by Crippen LogP contribution is -2.32. The number of hydrogen-bond acceptors (Lipinski definition) is 4. The van der Waals surface area contributed by atoms with Crippen molar-refractivity contribution in [3.63, 3.8) is 0 Å². The number of nitrogens with two attached hydrogens (primary N) is 1. The number of benzene rings is 1. The molecular weight excluding hydrogens is 264 g/mol. The highest BCUT2D eigenvalue weighted by Gasteiger charge is 2.23. The molecule has 2 rings (SSSR count). The van der Waals surface area contributed by atoms with Crippen LogP contribution in [0.2, 0.25) is 0 Å². The van der Waals surface area contributed by atoms with E-state index in [-0.39, 0.29) is 12.1 Å². The van der Waals surface area contributed by atoms with Crippen LogP contribution in [0.3, 0.4) is 0 Å². The van der Waals surface area contributed by atoms with E-state index in [0.29, 0.717) is 0 Å². The molecule has 1 heterocycles. The highest BCUT2D eigenvalue weighted by Crippen LogP contribution is 2.25. The van der Waals surface area contributed by atoms with Crippen LogP contribution >= 0.6 is 0 Å². The molecule has 0 aliphatic carbocycles. The lowest BCUT2D eigenvalue weighted by atomic mass is 10.0. The minimum atomic E-state index is -0.0752. The number of hydrogen-bond donors (Lipinski definition) is 1. The van der Waals surface area contributed by atoms with Crippen LogP contribution in [0.1, 0.15) is 44.0 Å². The third-order valence-corrected chi connectivity index (χ3v) is 3.58. The largest absolute Gasteiger partial charge is 0.497 e. The van der Waals surface area contributed by atoms with Gasteiger partial charge in [-0.1, -0.05) is 26.0 Å². The van der Waals surface area contributed by atoms with E-state index in [9.17, 15) is 0 Å². The maximum absolute atomic E-state index is 6.24. The Hall–Kier alpha value is -1.88. The lowest BCUT2D eigenvalue weighted by Gasteiger charge is -2.23. The third kappa shape index (κ3) is 3.24. The summed E-state index contributed by atoms with van der Waals surface area (Å²) in [5.41, 5.74) is 7.33. The Morgan fingerprint density at radius 2 is 2.05 bits per heavy atom. The van der Waals surface area contributed by atoms with Gasteiger partial charge in [-0.25, -0.2) is 9.67 Å². The average molecular weight is 288 g/mol. The molecule has 1 aromatic heterocycles. The summed E-state index contributed by atoms with van der Waals surface area (Å²) >= 11 is 0. The van der Waals surface area contributed by atoms with Crippen LogP contribution < -0.4 is 10.5 Å². The van der Waals surface area contributed by atoms with E-state index in [4.69, 9.17) is 10.5 Å². The highest BCUT2D eigenvalue weighted by molar-refractivity contribution is 5.31. The summed E-state index contributed by atoms with van der Waals surface area (Å²) in [4.78, 5) is 4.58. The second-order valence-electron chi connectivity index (χ2n) is 5.18. The first-order chi connectivity index (χ1) is 10.1.